The van der Waals surface area contributed by atoms with Crippen LogP contribution in [-0.2, 0) is 0 Å². The van der Waals surface area contributed by atoms with E-state index in [-0.39, 0.29) is 0 Å². The van der Waals surface area contributed by atoms with Gasteiger partial charge in [0.05, 0.1) is 0 Å². The third-order valence-corrected chi connectivity index (χ3v) is 4.20. The number of hydrogen-bond donors (Lipinski definition) is 1. The fourth-order valence-corrected chi connectivity index (χ4v) is 3.34. The van der Waals surface area contributed by atoms with Crippen molar-refractivity contribution in [2.24, 2.45) is 5.92 Å². The molecule has 2 aliphatic heterocycles. The fraction of sp³-hybridized carbons (Fsp3) is 1.00. The van der Waals surface area contributed by atoms with Gasteiger partial charge in [-0.1, -0.05) is 13.8 Å². The van der Waals surface area contributed by atoms with Crippen molar-refractivity contribution >= 4 is 0 Å². The Kier molecular flexibility index (Phi) is 5.26. The van der Waals surface area contributed by atoms with E-state index in [1.807, 2.05) is 0 Å². The molecule has 0 aromatic rings. The first-order chi connectivity index (χ1) is 8.29. The summed E-state index contributed by atoms with van der Waals surface area (Å²) in [5.41, 5.74) is 0. The molecule has 0 amide bonds. The molecule has 2 atom stereocenters. The maximum atomic E-state index is 3.46. The number of fused-ring (bicyclic) bond motifs is 1. The summed E-state index contributed by atoms with van der Waals surface area (Å²) in [6, 6.07) is 0.865. The van der Waals surface area contributed by atoms with Crippen LogP contribution < -0.4 is 5.32 Å². The lowest BCUT2D eigenvalue weighted by Gasteiger charge is -2.27. The minimum absolute atomic E-state index is 0.780. The van der Waals surface area contributed by atoms with Gasteiger partial charge >= 0.3 is 0 Å². The molecule has 3 nitrogen and oxygen atoms in total. The lowest BCUT2D eigenvalue weighted by Crippen LogP contribution is -2.39. The van der Waals surface area contributed by atoms with Crippen LogP contribution in [0.4, 0.5) is 0 Å². The van der Waals surface area contributed by atoms with E-state index in [9.17, 15) is 0 Å². The van der Waals surface area contributed by atoms with Crippen LogP contribution in [0.25, 0.3) is 0 Å². The van der Waals surface area contributed by atoms with Crippen LogP contribution in [0.15, 0.2) is 0 Å². The second kappa shape index (κ2) is 6.72. The third-order valence-electron chi connectivity index (χ3n) is 4.20. The molecule has 0 aliphatic carbocycles. The molecule has 2 fully saturated rings. The molecule has 0 saturated carbocycles. The summed E-state index contributed by atoms with van der Waals surface area (Å²) in [5.74, 6) is 0.780. The Hall–Kier alpha value is -0.120. The summed E-state index contributed by atoms with van der Waals surface area (Å²) < 4.78 is 0. The van der Waals surface area contributed by atoms with Gasteiger partial charge in [0.15, 0.2) is 0 Å². The van der Waals surface area contributed by atoms with Crippen LogP contribution in [0.3, 0.4) is 0 Å². The minimum atomic E-state index is 0.780. The first-order valence-electron chi connectivity index (χ1n) is 7.46. The first kappa shape index (κ1) is 13.3. The van der Waals surface area contributed by atoms with Crippen LogP contribution in [-0.4, -0.2) is 61.7 Å². The largest absolute Gasteiger partial charge is 0.317 e. The van der Waals surface area contributed by atoms with Gasteiger partial charge in [-0.2, -0.15) is 0 Å². The molecule has 0 aromatic carbocycles. The summed E-state index contributed by atoms with van der Waals surface area (Å²) in [5, 5.41) is 3.46. The molecule has 0 spiro atoms. The highest BCUT2D eigenvalue weighted by Crippen LogP contribution is 2.21. The lowest BCUT2D eigenvalue weighted by molar-refractivity contribution is 0.201. The highest BCUT2D eigenvalue weighted by molar-refractivity contribution is 4.85. The fourth-order valence-electron chi connectivity index (χ4n) is 3.34. The average Bonchev–Trinajstić information content (AvgIpc) is 2.66. The van der Waals surface area contributed by atoms with Crippen molar-refractivity contribution in [1.82, 2.24) is 15.1 Å². The molecule has 2 saturated heterocycles. The van der Waals surface area contributed by atoms with E-state index in [1.165, 1.54) is 58.5 Å². The molecular weight excluding hydrogens is 210 g/mol. The van der Waals surface area contributed by atoms with Gasteiger partial charge in [0, 0.05) is 19.1 Å². The van der Waals surface area contributed by atoms with Crippen LogP contribution >= 0.6 is 0 Å². The minimum Gasteiger partial charge on any atom is -0.317 e. The molecule has 17 heavy (non-hydrogen) atoms. The van der Waals surface area contributed by atoms with E-state index < -0.39 is 0 Å². The predicted molar refractivity (Wildman–Crippen MR) is 73.4 cm³/mol. The quantitative estimate of drug-likeness (QED) is 0.782. The third kappa shape index (κ3) is 3.94. The number of nitrogens with zero attached hydrogens (tertiary/aromatic N) is 2. The summed E-state index contributed by atoms with van der Waals surface area (Å²) in [6.07, 6.45) is 4.22. The van der Waals surface area contributed by atoms with E-state index in [2.05, 4.69) is 29.0 Å². The van der Waals surface area contributed by atoms with Gasteiger partial charge in [-0.25, -0.2) is 0 Å². The number of hydrogen-bond acceptors (Lipinski definition) is 3. The van der Waals surface area contributed by atoms with Crippen molar-refractivity contribution in [3.05, 3.63) is 0 Å². The zero-order valence-electron chi connectivity index (χ0n) is 11.6. The molecule has 0 radical (unpaired) electrons. The summed E-state index contributed by atoms with van der Waals surface area (Å²) in [6.45, 7) is 13.4. The Balaban J connectivity index is 1.76. The van der Waals surface area contributed by atoms with Crippen molar-refractivity contribution in [3.63, 3.8) is 0 Å². The van der Waals surface area contributed by atoms with Crippen molar-refractivity contribution in [3.8, 4) is 0 Å². The molecular formula is C14H29N3. The SMILES string of the molecule is CCNCC(C)CN1CCCN2CCCC2C1. The molecule has 2 rings (SSSR count). The monoisotopic (exact) mass is 239 g/mol. The molecule has 2 aliphatic rings. The molecule has 100 valence electrons. The van der Waals surface area contributed by atoms with Gasteiger partial charge in [-0.15, -0.1) is 0 Å². The topological polar surface area (TPSA) is 18.5 Å². The highest BCUT2D eigenvalue weighted by atomic mass is 15.3. The van der Waals surface area contributed by atoms with Gasteiger partial charge in [-0.05, 0) is 57.9 Å². The maximum Gasteiger partial charge on any atom is 0.0223 e. The van der Waals surface area contributed by atoms with Crippen LogP contribution in [0.1, 0.15) is 33.1 Å². The molecule has 2 heterocycles. The van der Waals surface area contributed by atoms with Crippen molar-refractivity contribution in [2.45, 2.75) is 39.2 Å². The maximum absolute atomic E-state index is 3.46. The molecule has 0 bridgehead atoms. The molecule has 3 heteroatoms. The first-order valence-corrected chi connectivity index (χ1v) is 7.46. The normalized spacial score (nSPS) is 28.9. The van der Waals surface area contributed by atoms with Gasteiger partial charge in [0.1, 0.15) is 0 Å². The van der Waals surface area contributed by atoms with Gasteiger partial charge in [-0.3, -0.25) is 4.90 Å². The predicted octanol–water partition coefficient (Wildman–Crippen LogP) is 1.40. The number of nitrogens with one attached hydrogen (secondary N) is 1. The smallest absolute Gasteiger partial charge is 0.0223 e. The lowest BCUT2D eigenvalue weighted by atomic mass is 10.1. The average molecular weight is 239 g/mol. The summed E-state index contributed by atoms with van der Waals surface area (Å²) in [4.78, 5) is 5.42. The zero-order chi connectivity index (χ0) is 12.1. The van der Waals surface area contributed by atoms with E-state index in [1.54, 1.807) is 0 Å². The van der Waals surface area contributed by atoms with E-state index >= 15 is 0 Å². The van der Waals surface area contributed by atoms with Crippen LogP contribution in [0.2, 0.25) is 0 Å². The Morgan fingerprint density at radius 1 is 1.24 bits per heavy atom. The van der Waals surface area contributed by atoms with E-state index in [0.29, 0.717) is 0 Å². The van der Waals surface area contributed by atoms with Gasteiger partial charge < -0.3 is 10.2 Å². The summed E-state index contributed by atoms with van der Waals surface area (Å²) in [7, 11) is 0. The second-order valence-electron chi connectivity index (χ2n) is 5.86. The van der Waals surface area contributed by atoms with Gasteiger partial charge in [0.25, 0.3) is 0 Å². The standard InChI is InChI=1S/C14H29N3/c1-3-15-10-13(2)11-16-7-5-9-17-8-4-6-14(17)12-16/h13-15H,3-12H2,1-2H3. The Morgan fingerprint density at radius 2 is 2.06 bits per heavy atom. The van der Waals surface area contributed by atoms with Crippen molar-refractivity contribution < 1.29 is 0 Å². The Labute approximate surface area is 107 Å². The van der Waals surface area contributed by atoms with Crippen LogP contribution in [0, 0.1) is 5.92 Å². The Morgan fingerprint density at radius 3 is 2.88 bits per heavy atom. The Bertz CT molecular complexity index is 220. The molecule has 1 N–H and O–H groups in total. The van der Waals surface area contributed by atoms with Crippen LogP contribution in [0.5, 0.6) is 0 Å². The molecule has 2 unspecified atom stereocenters. The van der Waals surface area contributed by atoms with E-state index in [0.717, 1.165) is 18.5 Å². The van der Waals surface area contributed by atoms with Gasteiger partial charge in [0.2, 0.25) is 0 Å². The molecule has 0 aromatic heterocycles. The van der Waals surface area contributed by atoms with Crippen molar-refractivity contribution in [2.75, 3.05) is 45.8 Å². The number of rotatable bonds is 5. The summed E-state index contributed by atoms with van der Waals surface area (Å²) >= 11 is 0. The second-order valence-corrected chi connectivity index (χ2v) is 5.86. The van der Waals surface area contributed by atoms with Crippen molar-refractivity contribution in [1.29, 1.82) is 0 Å². The zero-order valence-corrected chi connectivity index (χ0v) is 11.6. The van der Waals surface area contributed by atoms with E-state index in [4.69, 9.17) is 0 Å². The highest BCUT2D eigenvalue weighted by Gasteiger charge is 2.28.